The van der Waals surface area contributed by atoms with Gasteiger partial charge >= 0.3 is 5.97 Å². The summed E-state index contributed by atoms with van der Waals surface area (Å²) in [6, 6.07) is 7.43. The molecule has 1 unspecified atom stereocenters. The van der Waals surface area contributed by atoms with Crippen LogP contribution in [0.5, 0.6) is 5.75 Å². The van der Waals surface area contributed by atoms with Gasteiger partial charge in [0.15, 0.2) is 0 Å². The molecule has 0 amide bonds. The van der Waals surface area contributed by atoms with Gasteiger partial charge in [0, 0.05) is 6.54 Å². The first kappa shape index (κ1) is 12.5. The van der Waals surface area contributed by atoms with Gasteiger partial charge in [0.25, 0.3) is 0 Å². The van der Waals surface area contributed by atoms with Crippen LogP contribution in [0.25, 0.3) is 0 Å². The van der Waals surface area contributed by atoms with E-state index in [4.69, 9.17) is 15.6 Å². The SMILES string of the molecule is CCOc1ccc(CC(CN)C(=O)O)cc1. The Morgan fingerprint density at radius 2 is 2.06 bits per heavy atom. The van der Waals surface area contributed by atoms with Gasteiger partial charge < -0.3 is 15.6 Å². The maximum atomic E-state index is 10.8. The number of benzene rings is 1. The lowest BCUT2D eigenvalue weighted by atomic mass is 10.00. The topological polar surface area (TPSA) is 72.5 Å². The normalized spacial score (nSPS) is 12.1. The molecule has 16 heavy (non-hydrogen) atoms. The van der Waals surface area contributed by atoms with Crippen molar-refractivity contribution in [2.24, 2.45) is 11.7 Å². The number of hydrogen-bond acceptors (Lipinski definition) is 3. The first-order valence-corrected chi connectivity index (χ1v) is 5.32. The Kier molecular flexibility index (Phi) is 4.79. The van der Waals surface area contributed by atoms with E-state index in [-0.39, 0.29) is 6.54 Å². The zero-order valence-corrected chi connectivity index (χ0v) is 9.35. The average molecular weight is 223 g/mol. The standard InChI is InChI=1S/C12H17NO3/c1-2-16-11-5-3-9(4-6-11)7-10(8-13)12(14)15/h3-6,10H,2,7-8,13H2,1H3,(H,14,15). The molecular formula is C12H17NO3. The van der Waals surface area contributed by atoms with Crippen LogP contribution in [0.3, 0.4) is 0 Å². The number of carboxylic acid groups (broad SMARTS) is 1. The zero-order chi connectivity index (χ0) is 12.0. The van der Waals surface area contributed by atoms with Gasteiger partial charge in [0.2, 0.25) is 0 Å². The molecule has 0 bridgehead atoms. The summed E-state index contributed by atoms with van der Waals surface area (Å²) in [6.07, 6.45) is 0.457. The smallest absolute Gasteiger partial charge is 0.308 e. The number of carboxylic acids is 1. The van der Waals surface area contributed by atoms with Crippen molar-refractivity contribution in [2.45, 2.75) is 13.3 Å². The van der Waals surface area contributed by atoms with E-state index in [1.165, 1.54) is 0 Å². The number of carbonyl (C=O) groups is 1. The summed E-state index contributed by atoms with van der Waals surface area (Å²) < 4.78 is 5.30. The van der Waals surface area contributed by atoms with Crippen molar-refractivity contribution in [1.82, 2.24) is 0 Å². The quantitative estimate of drug-likeness (QED) is 0.762. The third kappa shape index (κ3) is 3.55. The molecule has 1 aromatic rings. The van der Waals surface area contributed by atoms with Gasteiger partial charge in [0.05, 0.1) is 12.5 Å². The van der Waals surface area contributed by atoms with Crippen LogP contribution in [-0.2, 0) is 11.2 Å². The molecule has 0 aromatic heterocycles. The molecule has 0 aliphatic heterocycles. The fraction of sp³-hybridized carbons (Fsp3) is 0.417. The van der Waals surface area contributed by atoms with E-state index in [2.05, 4.69) is 0 Å². The molecule has 1 aromatic carbocycles. The molecule has 0 spiro atoms. The van der Waals surface area contributed by atoms with Gasteiger partial charge in [-0.05, 0) is 31.0 Å². The fourth-order valence-electron chi connectivity index (χ4n) is 1.44. The van der Waals surface area contributed by atoms with Crippen molar-refractivity contribution < 1.29 is 14.6 Å². The molecule has 0 aliphatic carbocycles. The van der Waals surface area contributed by atoms with Gasteiger partial charge in [-0.25, -0.2) is 0 Å². The summed E-state index contributed by atoms with van der Waals surface area (Å²) >= 11 is 0. The molecule has 4 nitrogen and oxygen atoms in total. The fourth-order valence-corrected chi connectivity index (χ4v) is 1.44. The van der Waals surface area contributed by atoms with Crippen LogP contribution in [0.15, 0.2) is 24.3 Å². The molecule has 0 aliphatic rings. The highest BCUT2D eigenvalue weighted by Gasteiger charge is 2.15. The van der Waals surface area contributed by atoms with E-state index in [0.717, 1.165) is 11.3 Å². The molecular weight excluding hydrogens is 206 g/mol. The number of rotatable bonds is 6. The largest absolute Gasteiger partial charge is 0.494 e. The predicted octanol–water partition coefficient (Wildman–Crippen LogP) is 1.29. The lowest BCUT2D eigenvalue weighted by Gasteiger charge is -2.10. The van der Waals surface area contributed by atoms with Crippen molar-refractivity contribution in [3.8, 4) is 5.75 Å². The Balaban J connectivity index is 2.63. The van der Waals surface area contributed by atoms with E-state index >= 15 is 0 Å². The van der Waals surface area contributed by atoms with E-state index in [0.29, 0.717) is 13.0 Å². The molecule has 4 heteroatoms. The van der Waals surface area contributed by atoms with Crippen LogP contribution in [0.1, 0.15) is 12.5 Å². The molecule has 0 heterocycles. The minimum Gasteiger partial charge on any atom is -0.494 e. The molecule has 1 atom stereocenters. The maximum Gasteiger partial charge on any atom is 0.308 e. The molecule has 0 radical (unpaired) electrons. The van der Waals surface area contributed by atoms with E-state index in [9.17, 15) is 4.79 Å². The molecule has 1 rings (SSSR count). The molecule has 0 fully saturated rings. The monoisotopic (exact) mass is 223 g/mol. The first-order chi connectivity index (χ1) is 7.67. The Morgan fingerprint density at radius 1 is 1.44 bits per heavy atom. The van der Waals surface area contributed by atoms with Crippen molar-refractivity contribution in [1.29, 1.82) is 0 Å². The second-order valence-corrected chi connectivity index (χ2v) is 3.55. The predicted molar refractivity (Wildman–Crippen MR) is 61.5 cm³/mol. The molecule has 3 N–H and O–H groups in total. The van der Waals surface area contributed by atoms with Gasteiger partial charge in [-0.1, -0.05) is 12.1 Å². The van der Waals surface area contributed by atoms with Crippen LogP contribution in [0.4, 0.5) is 0 Å². The van der Waals surface area contributed by atoms with E-state index < -0.39 is 11.9 Å². The molecule has 0 saturated carbocycles. The highest BCUT2D eigenvalue weighted by Crippen LogP contribution is 2.15. The molecule has 88 valence electrons. The van der Waals surface area contributed by atoms with Gasteiger partial charge in [-0.2, -0.15) is 0 Å². The summed E-state index contributed by atoms with van der Waals surface area (Å²) in [6.45, 7) is 2.70. The van der Waals surface area contributed by atoms with Crippen molar-refractivity contribution in [2.75, 3.05) is 13.2 Å². The Morgan fingerprint density at radius 3 is 2.50 bits per heavy atom. The van der Waals surface area contributed by atoms with Crippen LogP contribution >= 0.6 is 0 Å². The van der Waals surface area contributed by atoms with Crippen LogP contribution in [-0.4, -0.2) is 24.2 Å². The highest BCUT2D eigenvalue weighted by molar-refractivity contribution is 5.70. The van der Waals surface area contributed by atoms with Gasteiger partial charge in [-0.15, -0.1) is 0 Å². The number of aliphatic carboxylic acids is 1. The first-order valence-electron chi connectivity index (χ1n) is 5.32. The minimum atomic E-state index is -0.851. The highest BCUT2D eigenvalue weighted by atomic mass is 16.5. The van der Waals surface area contributed by atoms with Crippen molar-refractivity contribution >= 4 is 5.97 Å². The Labute approximate surface area is 95.0 Å². The maximum absolute atomic E-state index is 10.8. The van der Waals surface area contributed by atoms with Crippen molar-refractivity contribution in [3.05, 3.63) is 29.8 Å². The second kappa shape index (κ2) is 6.12. The summed E-state index contributed by atoms with van der Waals surface area (Å²) in [5, 5.41) is 8.87. The summed E-state index contributed by atoms with van der Waals surface area (Å²) in [5.74, 6) is -0.569. The van der Waals surface area contributed by atoms with Gasteiger partial charge in [0.1, 0.15) is 5.75 Å². The van der Waals surface area contributed by atoms with E-state index in [1.54, 1.807) is 0 Å². The molecule has 0 saturated heterocycles. The summed E-state index contributed by atoms with van der Waals surface area (Å²) in [5.41, 5.74) is 6.35. The third-order valence-corrected chi connectivity index (χ3v) is 2.35. The van der Waals surface area contributed by atoms with Crippen molar-refractivity contribution in [3.63, 3.8) is 0 Å². The Bertz CT molecular complexity index is 335. The lowest BCUT2D eigenvalue weighted by Crippen LogP contribution is -2.25. The minimum absolute atomic E-state index is 0.155. The van der Waals surface area contributed by atoms with Crippen LogP contribution in [0.2, 0.25) is 0 Å². The lowest BCUT2D eigenvalue weighted by molar-refractivity contribution is -0.141. The van der Waals surface area contributed by atoms with Gasteiger partial charge in [-0.3, -0.25) is 4.79 Å². The van der Waals surface area contributed by atoms with Crippen LogP contribution < -0.4 is 10.5 Å². The number of nitrogens with two attached hydrogens (primary N) is 1. The summed E-state index contributed by atoms with van der Waals surface area (Å²) in [4.78, 5) is 10.8. The Hall–Kier alpha value is -1.55. The second-order valence-electron chi connectivity index (χ2n) is 3.55. The van der Waals surface area contributed by atoms with Crippen LogP contribution in [0, 0.1) is 5.92 Å². The third-order valence-electron chi connectivity index (χ3n) is 2.35. The zero-order valence-electron chi connectivity index (χ0n) is 9.35. The summed E-state index contributed by atoms with van der Waals surface area (Å²) in [7, 11) is 0. The number of ether oxygens (including phenoxy) is 1. The average Bonchev–Trinajstić information content (AvgIpc) is 2.28. The number of hydrogen-bond donors (Lipinski definition) is 2. The van der Waals surface area contributed by atoms with E-state index in [1.807, 2.05) is 31.2 Å².